The van der Waals surface area contributed by atoms with E-state index >= 15 is 0 Å². The van der Waals surface area contributed by atoms with Gasteiger partial charge < -0.3 is 4.90 Å². The molecule has 0 aliphatic carbocycles. The van der Waals surface area contributed by atoms with Crippen molar-refractivity contribution >= 4 is 34.3 Å². The van der Waals surface area contributed by atoms with Gasteiger partial charge in [-0.05, 0) is 28.5 Å². The van der Waals surface area contributed by atoms with Crippen molar-refractivity contribution in [3.63, 3.8) is 0 Å². The molecule has 3 aromatic rings. The number of anilines is 1. The number of rotatable bonds is 2. The average molecular weight is 313 g/mol. The molecule has 0 radical (unpaired) electrons. The van der Waals surface area contributed by atoms with Crippen LogP contribution >= 0.6 is 0 Å². The lowest BCUT2D eigenvalue weighted by atomic mass is 10.1. The molecule has 4 heteroatoms. The smallest absolute Gasteiger partial charge is 0.279 e. The molecule has 1 heterocycles. The molecule has 0 atom stereocenters. The zero-order valence-corrected chi connectivity index (χ0v) is 13.2. The second kappa shape index (κ2) is 5.74. The first-order valence-corrected chi connectivity index (χ1v) is 7.71. The summed E-state index contributed by atoms with van der Waals surface area (Å²) in [5.74, 6) is -0.133. The number of para-hydroxylation sites is 1. The van der Waals surface area contributed by atoms with Crippen LogP contribution in [-0.2, 0) is 4.79 Å². The molecule has 0 aromatic heterocycles. The van der Waals surface area contributed by atoms with Gasteiger partial charge in [-0.1, -0.05) is 54.6 Å². The summed E-state index contributed by atoms with van der Waals surface area (Å²) in [5, 5.41) is 10.6. The molecule has 4 rings (SSSR count). The van der Waals surface area contributed by atoms with Gasteiger partial charge in [0.2, 0.25) is 0 Å². The number of amides is 1. The van der Waals surface area contributed by atoms with E-state index in [9.17, 15) is 4.79 Å². The molecule has 1 aliphatic rings. The minimum absolute atomic E-state index is 0.133. The van der Waals surface area contributed by atoms with Gasteiger partial charge in [-0.2, -0.15) is 5.10 Å². The van der Waals surface area contributed by atoms with Crippen molar-refractivity contribution in [3.05, 3.63) is 77.9 Å². The van der Waals surface area contributed by atoms with E-state index in [1.165, 1.54) is 5.39 Å². The zero-order chi connectivity index (χ0) is 16.5. The first-order valence-electron chi connectivity index (χ1n) is 7.71. The fraction of sp³-hybridized carbons (Fsp3) is 0.0500. The van der Waals surface area contributed by atoms with Gasteiger partial charge in [-0.3, -0.25) is 4.79 Å². The quantitative estimate of drug-likeness (QED) is 0.526. The first-order chi connectivity index (χ1) is 11.7. The fourth-order valence-corrected chi connectivity index (χ4v) is 2.89. The second-order valence-corrected chi connectivity index (χ2v) is 5.68. The van der Waals surface area contributed by atoms with E-state index in [-0.39, 0.29) is 5.91 Å². The van der Waals surface area contributed by atoms with Crippen molar-refractivity contribution in [2.24, 2.45) is 10.2 Å². The van der Waals surface area contributed by atoms with Crippen LogP contribution in [0.4, 0.5) is 5.69 Å². The Balaban J connectivity index is 1.66. The van der Waals surface area contributed by atoms with Gasteiger partial charge in [-0.15, -0.1) is 5.10 Å². The Morgan fingerprint density at radius 1 is 0.917 bits per heavy atom. The molecule has 0 saturated heterocycles. The molecule has 0 fully saturated rings. The number of fused-ring (bicyclic) bond motifs is 2. The highest BCUT2D eigenvalue weighted by atomic mass is 16.2. The van der Waals surface area contributed by atoms with Crippen molar-refractivity contribution < 1.29 is 4.79 Å². The van der Waals surface area contributed by atoms with E-state index in [2.05, 4.69) is 28.4 Å². The van der Waals surface area contributed by atoms with Crippen molar-refractivity contribution in [2.75, 3.05) is 11.9 Å². The molecule has 0 bridgehead atoms. The molecular weight excluding hydrogens is 298 g/mol. The summed E-state index contributed by atoms with van der Waals surface area (Å²) in [7, 11) is 1.75. The van der Waals surface area contributed by atoms with Crippen LogP contribution in [0.25, 0.3) is 10.8 Å². The van der Waals surface area contributed by atoms with E-state index < -0.39 is 0 Å². The summed E-state index contributed by atoms with van der Waals surface area (Å²) in [6.07, 6.45) is 1.67. The van der Waals surface area contributed by atoms with Crippen LogP contribution in [0, 0.1) is 0 Å². The largest absolute Gasteiger partial charge is 0.309 e. The Bertz CT molecular complexity index is 1000. The normalized spacial score (nSPS) is 15.6. The predicted molar refractivity (Wildman–Crippen MR) is 97.9 cm³/mol. The van der Waals surface area contributed by atoms with Crippen LogP contribution in [0.1, 0.15) is 11.1 Å². The molecular formula is C20H15N3O. The summed E-state index contributed by atoms with van der Waals surface area (Å²) in [6.45, 7) is 0. The number of likely N-dealkylation sites (N-methyl/N-ethyl adjacent to an activating group) is 1. The molecule has 0 saturated carbocycles. The molecule has 4 nitrogen and oxygen atoms in total. The molecule has 0 spiro atoms. The van der Waals surface area contributed by atoms with Crippen LogP contribution < -0.4 is 4.90 Å². The van der Waals surface area contributed by atoms with Crippen LogP contribution in [0.2, 0.25) is 0 Å². The lowest BCUT2D eigenvalue weighted by Crippen LogP contribution is -2.25. The van der Waals surface area contributed by atoms with Gasteiger partial charge in [0.15, 0.2) is 5.71 Å². The monoisotopic (exact) mass is 313 g/mol. The van der Waals surface area contributed by atoms with E-state index in [1.807, 2.05) is 48.5 Å². The summed E-state index contributed by atoms with van der Waals surface area (Å²) < 4.78 is 0. The van der Waals surface area contributed by atoms with E-state index in [4.69, 9.17) is 0 Å². The van der Waals surface area contributed by atoms with Gasteiger partial charge >= 0.3 is 0 Å². The number of carbonyl (C=O) groups excluding carboxylic acids is 1. The van der Waals surface area contributed by atoms with Crippen molar-refractivity contribution in [1.82, 2.24) is 0 Å². The van der Waals surface area contributed by atoms with Gasteiger partial charge in [-0.25, -0.2) is 0 Å². The Morgan fingerprint density at radius 2 is 1.67 bits per heavy atom. The van der Waals surface area contributed by atoms with Gasteiger partial charge in [0.05, 0.1) is 11.9 Å². The lowest BCUT2D eigenvalue weighted by molar-refractivity contribution is -0.111. The minimum atomic E-state index is -0.133. The molecule has 116 valence electrons. The molecule has 0 unspecified atom stereocenters. The zero-order valence-electron chi connectivity index (χ0n) is 13.2. The fourth-order valence-electron chi connectivity index (χ4n) is 2.89. The van der Waals surface area contributed by atoms with Crippen molar-refractivity contribution in [2.45, 2.75) is 0 Å². The maximum absolute atomic E-state index is 12.3. The predicted octanol–water partition coefficient (Wildman–Crippen LogP) is 3.64. The topological polar surface area (TPSA) is 45.0 Å². The van der Waals surface area contributed by atoms with Gasteiger partial charge in [0.25, 0.3) is 5.91 Å². The number of carbonyl (C=O) groups is 1. The summed E-state index contributed by atoms with van der Waals surface area (Å²) in [5.41, 5.74) is 3.01. The molecule has 24 heavy (non-hydrogen) atoms. The number of benzene rings is 3. The highest BCUT2D eigenvalue weighted by Gasteiger charge is 2.30. The summed E-state index contributed by atoms with van der Waals surface area (Å²) in [6, 6.07) is 21.8. The number of hydrogen-bond donors (Lipinski definition) is 0. The van der Waals surface area contributed by atoms with Crippen LogP contribution in [0.15, 0.2) is 76.9 Å². The molecule has 1 aliphatic heterocycles. The van der Waals surface area contributed by atoms with Crippen molar-refractivity contribution in [1.29, 1.82) is 0 Å². The second-order valence-electron chi connectivity index (χ2n) is 5.68. The Labute approximate surface area is 139 Å². The Morgan fingerprint density at radius 3 is 2.54 bits per heavy atom. The summed E-state index contributed by atoms with van der Waals surface area (Å²) in [4.78, 5) is 13.9. The van der Waals surface area contributed by atoms with Crippen molar-refractivity contribution in [3.8, 4) is 0 Å². The molecule has 1 amide bonds. The van der Waals surface area contributed by atoms with Crippen LogP contribution in [0.3, 0.4) is 0 Å². The van der Waals surface area contributed by atoms with E-state index in [1.54, 1.807) is 18.2 Å². The highest BCUT2D eigenvalue weighted by Crippen LogP contribution is 2.27. The molecule has 3 aromatic carbocycles. The standard InChI is InChI=1S/C20H15N3O/c1-23-18-9-5-4-8-17(18)19(20(23)24)22-21-13-14-10-11-15-6-2-3-7-16(15)12-14/h2-13H,1H3/b21-13-,22-19+. The number of hydrogen-bond acceptors (Lipinski definition) is 3. The van der Waals surface area contributed by atoms with Crippen LogP contribution in [0.5, 0.6) is 0 Å². The molecule has 0 N–H and O–H groups in total. The highest BCUT2D eigenvalue weighted by molar-refractivity contribution is 6.54. The average Bonchev–Trinajstić information content (AvgIpc) is 2.87. The van der Waals surface area contributed by atoms with E-state index in [0.717, 1.165) is 22.2 Å². The maximum Gasteiger partial charge on any atom is 0.279 e. The first kappa shape index (κ1) is 14.3. The lowest BCUT2D eigenvalue weighted by Gasteiger charge is -2.07. The SMILES string of the molecule is CN1C(=O)/C(=N/N=C\c2ccc3ccccc3c2)c2ccccc21. The third-order valence-corrected chi connectivity index (χ3v) is 4.17. The third-order valence-electron chi connectivity index (χ3n) is 4.17. The third kappa shape index (κ3) is 2.38. The van der Waals surface area contributed by atoms with Gasteiger partial charge in [0, 0.05) is 12.6 Å². The van der Waals surface area contributed by atoms with Gasteiger partial charge in [0.1, 0.15) is 0 Å². The van der Waals surface area contributed by atoms with E-state index in [0.29, 0.717) is 5.71 Å². The Kier molecular flexibility index (Phi) is 3.43. The minimum Gasteiger partial charge on any atom is -0.309 e. The summed E-state index contributed by atoms with van der Waals surface area (Å²) >= 11 is 0. The maximum atomic E-state index is 12.3. The number of nitrogens with zero attached hydrogens (tertiary/aromatic N) is 3. The van der Waals surface area contributed by atoms with Crippen LogP contribution in [-0.4, -0.2) is 24.9 Å². The Hall–Kier alpha value is -3.27.